The van der Waals surface area contributed by atoms with Gasteiger partial charge in [-0.1, -0.05) is 103 Å². The van der Waals surface area contributed by atoms with Crippen LogP contribution in [0, 0.1) is 0 Å². The highest BCUT2D eigenvalue weighted by atomic mass is 16.6. The van der Waals surface area contributed by atoms with Crippen LogP contribution in [0.4, 0.5) is 0 Å². The maximum Gasteiger partial charge on any atom is 0.116 e. The van der Waals surface area contributed by atoms with Gasteiger partial charge < -0.3 is 19.3 Å². The fourth-order valence-corrected chi connectivity index (χ4v) is 4.02. The number of hydrogen-bond donors (Lipinski definition) is 1. The molecule has 0 aromatic heterocycles. The second-order valence-corrected chi connectivity index (χ2v) is 8.36. The Morgan fingerprint density at radius 1 is 0.606 bits per heavy atom. The second kappa shape index (κ2) is 12.5. The summed E-state index contributed by atoms with van der Waals surface area (Å²) in [5, 5.41) is 11.0. The molecule has 1 N–H and O–H groups in total. The summed E-state index contributed by atoms with van der Waals surface area (Å²) in [4.78, 5) is 0. The van der Waals surface area contributed by atoms with E-state index in [4.69, 9.17) is 14.2 Å². The number of rotatable bonds is 9. The summed E-state index contributed by atoms with van der Waals surface area (Å²) in [7, 11) is 0. The van der Waals surface area contributed by atoms with E-state index in [0.717, 1.165) is 23.1 Å². The van der Waals surface area contributed by atoms with Crippen LogP contribution in [0.25, 0.3) is 0 Å². The van der Waals surface area contributed by atoms with Gasteiger partial charge in [-0.3, -0.25) is 0 Å². The lowest BCUT2D eigenvalue weighted by Crippen LogP contribution is -2.48. The van der Waals surface area contributed by atoms with Crippen LogP contribution in [0.1, 0.15) is 29.5 Å². The minimum Gasteiger partial charge on any atom is -0.390 e. The van der Waals surface area contributed by atoms with Crippen LogP contribution in [-0.2, 0) is 34.0 Å². The number of benzene rings is 3. The highest BCUT2D eigenvalue weighted by molar-refractivity contribution is 5.16. The predicted molar refractivity (Wildman–Crippen MR) is 129 cm³/mol. The standard InChI is InChI=1S/C29H32O4/c30-26-18-10-11-19-27(31-20-23-12-4-1-5-13-23)29(33-22-25-16-8-3-9-17-25)28(26)32-21-24-14-6-2-7-15-24/h1-9,11-17,19,26-30H,10,18,20-22H2/b19-11-/t26-,27-,28+,29+/m1/s1. The Balaban J connectivity index is 1.54. The van der Waals surface area contributed by atoms with Crippen molar-refractivity contribution < 1.29 is 19.3 Å². The lowest BCUT2D eigenvalue weighted by Gasteiger charge is -2.36. The quantitative estimate of drug-likeness (QED) is 0.446. The van der Waals surface area contributed by atoms with Gasteiger partial charge in [-0.25, -0.2) is 0 Å². The fraction of sp³-hybridized carbons (Fsp3) is 0.310. The number of allylic oxidation sites excluding steroid dienone is 1. The first kappa shape index (κ1) is 23.4. The van der Waals surface area contributed by atoms with Gasteiger partial charge in [0, 0.05) is 0 Å². The minimum atomic E-state index is -0.651. The molecule has 3 aromatic carbocycles. The first-order chi connectivity index (χ1) is 16.3. The SMILES string of the molecule is O[C@@H]1CC/C=C\[C@@H](OCc2ccccc2)[C@H](OCc2ccccc2)[C@H]1OCc1ccccc1. The van der Waals surface area contributed by atoms with Gasteiger partial charge in [-0.15, -0.1) is 0 Å². The molecule has 0 spiro atoms. The van der Waals surface area contributed by atoms with Crippen LogP contribution in [-0.4, -0.2) is 29.5 Å². The summed E-state index contributed by atoms with van der Waals surface area (Å²) in [5.74, 6) is 0. The highest BCUT2D eigenvalue weighted by Gasteiger charge is 2.36. The van der Waals surface area contributed by atoms with Gasteiger partial charge in [-0.05, 0) is 29.5 Å². The van der Waals surface area contributed by atoms with Crippen LogP contribution in [0.3, 0.4) is 0 Å². The van der Waals surface area contributed by atoms with E-state index in [1.54, 1.807) is 0 Å². The summed E-state index contributed by atoms with van der Waals surface area (Å²) < 4.78 is 19.1. The molecule has 4 heteroatoms. The molecule has 0 saturated heterocycles. The molecule has 0 unspecified atom stereocenters. The van der Waals surface area contributed by atoms with Gasteiger partial charge in [0.05, 0.1) is 25.9 Å². The molecular formula is C29H32O4. The third-order valence-corrected chi connectivity index (χ3v) is 5.84. The van der Waals surface area contributed by atoms with Crippen molar-refractivity contribution in [3.63, 3.8) is 0 Å². The Kier molecular flexibility index (Phi) is 8.84. The minimum absolute atomic E-state index is 0.343. The van der Waals surface area contributed by atoms with Crippen molar-refractivity contribution in [3.8, 4) is 0 Å². The number of ether oxygens (including phenoxy) is 3. The summed E-state index contributed by atoms with van der Waals surface area (Å²) in [6.45, 7) is 1.29. The Morgan fingerprint density at radius 3 is 1.58 bits per heavy atom. The molecule has 33 heavy (non-hydrogen) atoms. The van der Waals surface area contributed by atoms with E-state index in [2.05, 4.69) is 12.2 Å². The summed E-state index contributed by atoms with van der Waals surface area (Å²) in [5.41, 5.74) is 3.23. The van der Waals surface area contributed by atoms with Gasteiger partial charge in [0.1, 0.15) is 18.3 Å². The topological polar surface area (TPSA) is 47.9 Å². The Hall–Kier alpha value is -2.76. The molecule has 4 nitrogen and oxygen atoms in total. The van der Waals surface area contributed by atoms with E-state index in [9.17, 15) is 5.11 Å². The fourth-order valence-electron chi connectivity index (χ4n) is 4.02. The molecule has 0 radical (unpaired) electrons. The van der Waals surface area contributed by atoms with E-state index >= 15 is 0 Å². The average Bonchev–Trinajstić information content (AvgIpc) is 2.86. The molecule has 0 aliphatic heterocycles. The highest BCUT2D eigenvalue weighted by Crippen LogP contribution is 2.25. The Bertz CT molecular complexity index is 959. The van der Waals surface area contributed by atoms with E-state index < -0.39 is 18.3 Å². The van der Waals surface area contributed by atoms with E-state index in [0.29, 0.717) is 26.2 Å². The average molecular weight is 445 g/mol. The van der Waals surface area contributed by atoms with Crippen molar-refractivity contribution in [3.05, 3.63) is 120 Å². The third kappa shape index (κ3) is 7.11. The van der Waals surface area contributed by atoms with Gasteiger partial charge >= 0.3 is 0 Å². The zero-order valence-corrected chi connectivity index (χ0v) is 18.8. The molecule has 0 bridgehead atoms. The molecule has 3 aromatic rings. The van der Waals surface area contributed by atoms with Crippen molar-refractivity contribution >= 4 is 0 Å². The maximum absolute atomic E-state index is 11.0. The molecule has 4 rings (SSSR count). The number of aliphatic hydroxyl groups excluding tert-OH is 1. The molecule has 0 heterocycles. The zero-order valence-electron chi connectivity index (χ0n) is 18.8. The zero-order chi connectivity index (χ0) is 22.7. The van der Waals surface area contributed by atoms with Crippen LogP contribution in [0.2, 0.25) is 0 Å². The van der Waals surface area contributed by atoms with Crippen molar-refractivity contribution in [1.82, 2.24) is 0 Å². The molecule has 1 aliphatic rings. The van der Waals surface area contributed by atoms with Gasteiger partial charge in [-0.2, -0.15) is 0 Å². The Labute approximate surface area is 196 Å². The summed E-state index contributed by atoms with van der Waals surface area (Å²) in [6, 6.07) is 30.2. The van der Waals surface area contributed by atoms with Crippen molar-refractivity contribution in [2.45, 2.75) is 57.1 Å². The van der Waals surface area contributed by atoms with E-state index in [-0.39, 0.29) is 6.10 Å². The predicted octanol–water partition coefficient (Wildman–Crippen LogP) is 5.45. The van der Waals surface area contributed by atoms with E-state index in [1.807, 2.05) is 91.0 Å². The van der Waals surface area contributed by atoms with Crippen LogP contribution in [0.15, 0.2) is 103 Å². The van der Waals surface area contributed by atoms with Crippen molar-refractivity contribution in [1.29, 1.82) is 0 Å². The third-order valence-electron chi connectivity index (χ3n) is 5.84. The van der Waals surface area contributed by atoms with Crippen LogP contribution in [0.5, 0.6) is 0 Å². The van der Waals surface area contributed by atoms with Crippen molar-refractivity contribution in [2.75, 3.05) is 0 Å². The molecule has 0 amide bonds. The first-order valence-electron chi connectivity index (χ1n) is 11.6. The monoisotopic (exact) mass is 444 g/mol. The molecular weight excluding hydrogens is 412 g/mol. The molecule has 0 fully saturated rings. The molecule has 172 valence electrons. The van der Waals surface area contributed by atoms with Gasteiger partial charge in [0.15, 0.2) is 0 Å². The molecule has 4 atom stereocenters. The van der Waals surface area contributed by atoms with Gasteiger partial charge in [0.2, 0.25) is 0 Å². The second-order valence-electron chi connectivity index (χ2n) is 8.36. The van der Waals surface area contributed by atoms with Crippen LogP contribution < -0.4 is 0 Å². The smallest absolute Gasteiger partial charge is 0.116 e. The Morgan fingerprint density at radius 2 is 1.06 bits per heavy atom. The normalized spacial score (nSPS) is 24.0. The van der Waals surface area contributed by atoms with Crippen molar-refractivity contribution in [2.24, 2.45) is 0 Å². The molecule has 0 saturated carbocycles. The number of aliphatic hydroxyl groups is 1. The lowest BCUT2D eigenvalue weighted by molar-refractivity contribution is -0.171. The summed E-state index contributed by atoms with van der Waals surface area (Å²) >= 11 is 0. The lowest BCUT2D eigenvalue weighted by atomic mass is 9.95. The number of hydrogen-bond acceptors (Lipinski definition) is 4. The van der Waals surface area contributed by atoms with Crippen LogP contribution >= 0.6 is 0 Å². The van der Waals surface area contributed by atoms with E-state index in [1.165, 1.54) is 0 Å². The largest absolute Gasteiger partial charge is 0.390 e. The molecule has 1 aliphatic carbocycles. The summed E-state index contributed by atoms with van der Waals surface area (Å²) in [6.07, 6.45) is 3.56. The van der Waals surface area contributed by atoms with Gasteiger partial charge in [0.25, 0.3) is 0 Å². The maximum atomic E-state index is 11.0. The first-order valence-corrected chi connectivity index (χ1v) is 11.6.